The molecule has 0 aliphatic rings. The van der Waals surface area contributed by atoms with Crippen LogP contribution < -0.4 is 10.5 Å². The summed E-state index contributed by atoms with van der Waals surface area (Å²) in [4.78, 5) is 4.15. The Kier molecular flexibility index (Phi) is 3.31. The highest BCUT2D eigenvalue weighted by Gasteiger charge is 2.17. The van der Waals surface area contributed by atoms with Crippen LogP contribution in [0.3, 0.4) is 0 Å². The van der Waals surface area contributed by atoms with E-state index in [1.807, 2.05) is 43.4 Å². The van der Waals surface area contributed by atoms with E-state index in [2.05, 4.69) is 10.1 Å². The molecule has 0 saturated heterocycles. The molecule has 1 aromatic carbocycles. The van der Waals surface area contributed by atoms with Crippen molar-refractivity contribution in [3.63, 3.8) is 0 Å². The van der Waals surface area contributed by atoms with E-state index in [0.29, 0.717) is 5.82 Å². The van der Waals surface area contributed by atoms with E-state index in [1.54, 1.807) is 24.2 Å². The molecular formula is C16H16N4O. The minimum atomic E-state index is 0.624. The van der Waals surface area contributed by atoms with E-state index >= 15 is 0 Å². The van der Waals surface area contributed by atoms with Crippen molar-refractivity contribution in [2.24, 2.45) is 7.05 Å². The summed E-state index contributed by atoms with van der Waals surface area (Å²) in [6.07, 6.45) is 3.53. The number of benzene rings is 1. The molecule has 3 rings (SSSR count). The fraction of sp³-hybridized carbons (Fsp3) is 0.125. The quantitative estimate of drug-likeness (QED) is 0.801. The van der Waals surface area contributed by atoms with Crippen molar-refractivity contribution in [2.75, 3.05) is 12.8 Å². The lowest BCUT2D eigenvalue weighted by molar-refractivity contribution is 0.415. The molecule has 0 radical (unpaired) electrons. The maximum atomic E-state index is 6.19. The molecular weight excluding hydrogens is 264 g/mol. The molecule has 0 atom stereocenters. The van der Waals surface area contributed by atoms with E-state index in [4.69, 9.17) is 10.5 Å². The van der Waals surface area contributed by atoms with Crippen molar-refractivity contribution in [1.29, 1.82) is 0 Å². The van der Waals surface area contributed by atoms with Gasteiger partial charge in [0, 0.05) is 25.0 Å². The first-order chi connectivity index (χ1) is 10.2. The van der Waals surface area contributed by atoms with Crippen molar-refractivity contribution < 1.29 is 4.74 Å². The number of nitrogen functional groups attached to an aromatic ring is 1. The molecule has 2 aromatic heterocycles. The Bertz CT molecular complexity index is 748. The van der Waals surface area contributed by atoms with Crippen molar-refractivity contribution in [2.45, 2.75) is 0 Å². The van der Waals surface area contributed by atoms with Crippen LogP contribution in [0, 0.1) is 0 Å². The maximum absolute atomic E-state index is 6.19. The van der Waals surface area contributed by atoms with E-state index in [1.165, 1.54) is 0 Å². The number of anilines is 1. The van der Waals surface area contributed by atoms with Gasteiger partial charge in [0.2, 0.25) is 0 Å². The predicted octanol–water partition coefficient (Wildman–Crippen LogP) is 2.74. The lowest BCUT2D eigenvalue weighted by Gasteiger charge is -2.05. The lowest BCUT2D eigenvalue weighted by atomic mass is 10.0. The van der Waals surface area contributed by atoms with Crippen LogP contribution >= 0.6 is 0 Å². The second-order valence-electron chi connectivity index (χ2n) is 4.70. The average molecular weight is 280 g/mol. The molecule has 5 heteroatoms. The highest BCUT2D eigenvalue weighted by Crippen LogP contribution is 2.36. The fourth-order valence-electron chi connectivity index (χ4n) is 2.28. The van der Waals surface area contributed by atoms with E-state index in [9.17, 15) is 0 Å². The monoisotopic (exact) mass is 280 g/mol. The Morgan fingerprint density at radius 2 is 1.86 bits per heavy atom. The normalized spacial score (nSPS) is 10.6. The number of ether oxygens (including phenoxy) is 1. The molecule has 3 aromatic rings. The van der Waals surface area contributed by atoms with Gasteiger partial charge in [-0.25, -0.2) is 0 Å². The zero-order valence-corrected chi connectivity index (χ0v) is 11.9. The van der Waals surface area contributed by atoms with Crippen molar-refractivity contribution in [3.05, 3.63) is 48.8 Å². The van der Waals surface area contributed by atoms with Crippen LogP contribution in [0.15, 0.2) is 48.8 Å². The number of methoxy groups -OCH3 is 1. The number of nitrogens with zero attached hydrogens (tertiary/aromatic N) is 3. The first-order valence-corrected chi connectivity index (χ1v) is 6.58. The van der Waals surface area contributed by atoms with E-state index in [-0.39, 0.29) is 0 Å². The van der Waals surface area contributed by atoms with Crippen LogP contribution in [0.2, 0.25) is 0 Å². The molecule has 0 amide bonds. The van der Waals surface area contributed by atoms with Gasteiger partial charge >= 0.3 is 0 Å². The van der Waals surface area contributed by atoms with Gasteiger partial charge < -0.3 is 10.5 Å². The Hall–Kier alpha value is -2.82. The van der Waals surface area contributed by atoms with Gasteiger partial charge in [-0.2, -0.15) is 5.10 Å². The number of hydrogen-bond acceptors (Lipinski definition) is 4. The van der Waals surface area contributed by atoms with Crippen LogP contribution in [-0.2, 0) is 7.05 Å². The number of nitrogens with two attached hydrogens (primary N) is 1. The third-order valence-corrected chi connectivity index (χ3v) is 3.41. The van der Waals surface area contributed by atoms with Crippen LogP contribution in [0.1, 0.15) is 0 Å². The molecule has 5 nitrogen and oxygen atoms in total. The van der Waals surface area contributed by atoms with Crippen LogP contribution in [-0.4, -0.2) is 21.9 Å². The molecule has 0 unspecified atom stereocenters. The van der Waals surface area contributed by atoms with Crippen molar-refractivity contribution >= 4 is 5.82 Å². The highest BCUT2D eigenvalue weighted by molar-refractivity contribution is 5.88. The summed E-state index contributed by atoms with van der Waals surface area (Å²) in [5.74, 6) is 1.43. The summed E-state index contributed by atoms with van der Waals surface area (Å²) in [6.45, 7) is 0. The Morgan fingerprint density at radius 1 is 1.10 bits per heavy atom. The highest BCUT2D eigenvalue weighted by atomic mass is 16.5. The molecule has 2 N–H and O–H groups in total. The summed E-state index contributed by atoms with van der Waals surface area (Å²) < 4.78 is 6.88. The number of rotatable bonds is 3. The van der Waals surface area contributed by atoms with Gasteiger partial charge in [-0.15, -0.1) is 0 Å². The lowest BCUT2D eigenvalue weighted by Crippen LogP contribution is -1.98. The molecule has 0 saturated carbocycles. The third kappa shape index (κ3) is 2.33. The topological polar surface area (TPSA) is 66.0 Å². The number of hydrogen-bond donors (Lipinski definition) is 1. The largest absolute Gasteiger partial charge is 0.497 e. The summed E-state index contributed by atoms with van der Waals surface area (Å²) in [5.41, 5.74) is 9.87. The smallest absolute Gasteiger partial charge is 0.129 e. The standard InChI is InChI=1S/C16H16N4O/c1-20-16(17)14(11-5-7-13(21-2)8-6-11)15(19-20)12-4-3-9-18-10-12/h3-10H,17H2,1-2H3. The predicted molar refractivity (Wildman–Crippen MR) is 82.8 cm³/mol. The second-order valence-corrected chi connectivity index (χ2v) is 4.70. The number of pyridine rings is 1. The average Bonchev–Trinajstić information content (AvgIpc) is 2.84. The molecule has 21 heavy (non-hydrogen) atoms. The first-order valence-electron chi connectivity index (χ1n) is 6.58. The van der Waals surface area contributed by atoms with Crippen molar-refractivity contribution in [3.8, 4) is 28.1 Å². The van der Waals surface area contributed by atoms with E-state index in [0.717, 1.165) is 28.1 Å². The SMILES string of the molecule is COc1ccc(-c2c(-c3cccnc3)nn(C)c2N)cc1. The summed E-state index contributed by atoms with van der Waals surface area (Å²) in [7, 11) is 3.48. The first kappa shape index (κ1) is 13.2. The zero-order chi connectivity index (χ0) is 14.8. The third-order valence-electron chi connectivity index (χ3n) is 3.41. The number of aromatic nitrogens is 3. The molecule has 0 aliphatic heterocycles. The van der Waals surface area contributed by atoms with Crippen LogP contribution in [0.25, 0.3) is 22.4 Å². The molecule has 0 fully saturated rings. The molecule has 0 spiro atoms. The Labute approximate surface area is 123 Å². The van der Waals surface area contributed by atoms with Crippen molar-refractivity contribution in [1.82, 2.24) is 14.8 Å². The molecule has 0 bridgehead atoms. The summed E-state index contributed by atoms with van der Waals surface area (Å²) >= 11 is 0. The Balaban J connectivity index is 2.17. The van der Waals surface area contributed by atoms with Gasteiger partial charge in [-0.3, -0.25) is 9.67 Å². The second kappa shape index (κ2) is 5.28. The van der Waals surface area contributed by atoms with Crippen LogP contribution in [0.5, 0.6) is 5.75 Å². The van der Waals surface area contributed by atoms with Gasteiger partial charge in [0.25, 0.3) is 0 Å². The minimum absolute atomic E-state index is 0.624. The number of aryl methyl sites for hydroxylation is 1. The van der Waals surface area contributed by atoms with Gasteiger partial charge in [-0.1, -0.05) is 12.1 Å². The van der Waals surface area contributed by atoms with E-state index < -0.39 is 0 Å². The van der Waals surface area contributed by atoms with Gasteiger partial charge in [0.05, 0.1) is 12.7 Å². The zero-order valence-electron chi connectivity index (χ0n) is 11.9. The van der Waals surface area contributed by atoms with Gasteiger partial charge in [0.1, 0.15) is 17.3 Å². The summed E-state index contributed by atoms with van der Waals surface area (Å²) in [6, 6.07) is 11.6. The van der Waals surface area contributed by atoms with Crippen LogP contribution in [0.4, 0.5) is 5.82 Å². The van der Waals surface area contributed by atoms with Gasteiger partial charge in [-0.05, 0) is 29.8 Å². The maximum Gasteiger partial charge on any atom is 0.129 e. The minimum Gasteiger partial charge on any atom is -0.497 e. The molecule has 0 aliphatic carbocycles. The molecule has 106 valence electrons. The van der Waals surface area contributed by atoms with Gasteiger partial charge in [0.15, 0.2) is 0 Å². The molecule has 2 heterocycles. The fourth-order valence-corrected chi connectivity index (χ4v) is 2.28. The summed E-state index contributed by atoms with van der Waals surface area (Å²) in [5, 5.41) is 4.52. The Morgan fingerprint density at radius 3 is 2.48 bits per heavy atom.